The van der Waals surface area contributed by atoms with Crippen LogP contribution in [-0.2, 0) is 11.3 Å². The normalized spacial score (nSPS) is 18.1. The number of likely N-dealkylation sites (N-methyl/N-ethyl adjacent to an activating group) is 1. The van der Waals surface area contributed by atoms with Crippen molar-refractivity contribution in [3.63, 3.8) is 0 Å². The van der Waals surface area contributed by atoms with Gasteiger partial charge in [0.1, 0.15) is 6.54 Å². The van der Waals surface area contributed by atoms with Crippen molar-refractivity contribution in [3.8, 4) is 0 Å². The second kappa shape index (κ2) is 6.02. The number of carbonyl (C=O) groups excluding carboxylic acids is 1. The number of piperazine rings is 1. The molecule has 1 aromatic carbocycles. The molecule has 1 heterocycles. The average molecular weight is 259 g/mol. The highest BCUT2D eigenvalue weighted by Crippen LogP contribution is 2.16. The molecule has 0 saturated carbocycles. The Kier molecular flexibility index (Phi) is 4.38. The molecule has 0 bridgehead atoms. The van der Waals surface area contributed by atoms with Crippen molar-refractivity contribution in [2.45, 2.75) is 13.0 Å². The molecule has 1 aromatic rings. The van der Waals surface area contributed by atoms with Crippen molar-refractivity contribution >= 4 is 5.91 Å². The maximum absolute atomic E-state index is 11.8. The molecule has 0 unspecified atom stereocenters. The third-order valence-corrected chi connectivity index (χ3v) is 3.90. The van der Waals surface area contributed by atoms with Crippen LogP contribution in [0.3, 0.4) is 0 Å². The Hall–Kier alpha value is -1.61. The predicted octanol–water partition coefficient (Wildman–Crippen LogP) is 2.05. The van der Waals surface area contributed by atoms with Crippen molar-refractivity contribution in [3.05, 3.63) is 48.6 Å². The van der Waals surface area contributed by atoms with Crippen molar-refractivity contribution in [2.24, 2.45) is 0 Å². The van der Waals surface area contributed by atoms with Gasteiger partial charge in [-0.25, -0.2) is 0 Å². The van der Waals surface area contributed by atoms with Crippen LogP contribution in [0.2, 0.25) is 0 Å². The smallest absolute Gasteiger partial charge is 0.226 e. The number of rotatable bonds is 4. The summed E-state index contributed by atoms with van der Waals surface area (Å²) in [5.74, 6) is 0.209. The molecular formula is C16H23N2O+. The third kappa shape index (κ3) is 3.67. The highest BCUT2D eigenvalue weighted by atomic mass is 16.2. The first-order valence-electron chi connectivity index (χ1n) is 6.89. The van der Waals surface area contributed by atoms with Gasteiger partial charge in [0.05, 0.1) is 33.2 Å². The zero-order chi connectivity index (χ0) is 13.7. The van der Waals surface area contributed by atoms with E-state index in [1.807, 2.05) is 4.90 Å². The summed E-state index contributed by atoms with van der Waals surface area (Å²) in [6.07, 6.45) is 2.15. The minimum Gasteiger partial charge on any atom is -0.331 e. The van der Waals surface area contributed by atoms with Crippen LogP contribution in [0.1, 0.15) is 12.0 Å². The lowest BCUT2D eigenvalue weighted by atomic mass is 10.1. The fraction of sp³-hybridized carbons (Fsp3) is 0.438. The molecule has 3 heteroatoms. The van der Waals surface area contributed by atoms with Crippen LogP contribution in [0, 0.1) is 0 Å². The van der Waals surface area contributed by atoms with Gasteiger partial charge in [-0.3, -0.25) is 4.79 Å². The van der Waals surface area contributed by atoms with E-state index >= 15 is 0 Å². The van der Waals surface area contributed by atoms with E-state index in [9.17, 15) is 4.79 Å². The summed E-state index contributed by atoms with van der Waals surface area (Å²) in [5.41, 5.74) is 1.37. The fourth-order valence-electron chi connectivity index (χ4n) is 2.63. The Morgan fingerprint density at radius 3 is 2.53 bits per heavy atom. The quantitative estimate of drug-likeness (QED) is 0.598. The van der Waals surface area contributed by atoms with Gasteiger partial charge in [0.2, 0.25) is 5.91 Å². The number of hydrogen-bond acceptors (Lipinski definition) is 1. The van der Waals surface area contributed by atoms with E-state index in [-0.39, 0.29) is 5.91 Å². The lowest BCUT2D eigenvalue weighted by Crippen LogP contribution is -2.57. The van der Waals surface area contributed by atoms with Crippen LogP contribution in [0.15, 0.2) is 43.0 Å². The van der Waals surface area contributed by atoms with Gasteiger partial charge in [-0.15, -0.1) is 6.58 Å². The highest BCUT2D eigenvalue weighted by molar-refractivity contribution is 5.77. The van der Waals surface area contributed by atoms with Crippen LogP contribution >= 0.6 is 0 Å². The monoisotopic (exact) mass is 259 g/mol. The Labute approximate surface area is 115 Å². The maximum Gasteiger partial charge on any atom is 0.226 e. The molecule has 1 saturated heterocycles. The lowest BCUT2D eigenvalue weighted by Gasteiger charge is -2.42. The standard InChI is InChI=1S/C16H23N2O/c1-3-7-16(19)17-10-12-18(2,13-11-17)14-15-8-5-4-6-9-15/h3-6,8-9H,1,7,10-14H2,2H3/q+1. The second-order valence-electron chi connectivity index (χ2n) is 5.58. The van der Waals surface area contributed by atoms with Crippen LogP contribution < -0.4 is 0 Å². The van der Waals surface area contributed by atoms with Crippen LogP contribution in [0.5, 0.6) is 0 Å². The molecule has 0 spiro atoms. The molecule has 1 amide bonds. The highest BCUT2D eigenvalue weighted by Gasteiger charge is 2.30. The molecule has 0 atom stereocenters. The van der Waals surface area contributed by atoms with Crippen molar-refractivity contribution in [1.29, 1.82) is 0 Å². The first-order chi connectivity index (χ1) is 9.13. The van der Waals surface area contributed by atoms with Gasteiger partial charge in [-0.1, -0.05) is 36.4 Å². The maximum atomic E-state index is 11.8. The molecule has 1 aliphatic rings. The summed E-state index contributed by atoms with van der Waals surface area (Å²) < 4.78 is 1.02. The fourth-order valence-corrected chi connectivity index (χ4v) is 2.63. The Bertz CT molecular complexity index is 433. The van der Waals surface area contributed by atoms with Crippen molar-refractivity contribution in [1.82, 2.24) is 4.90 Å². The van der Waals surface area contributed by atoms with Crippen molar-refractivity contribution < 1.29 is 9.28 Å². The summed E-state index contributed by atoms with van der Waals surface area (Å²) in [5, 5.41) is 0. The summed E-state index contributed by atoms with van der Waals surface area (Å²) in [7, 11) is 2.28. The van der Waals surface area contributed by atoms with Gasteiger partial charge in [0.15, 0.2) is 0 Å². The topological polar surface area (TPSA) is 20.3 Å². The second-order valence-corrected chi connectivity index (χ2v) is 5.58. The number of quaternary nitrogens is 1. The molecule has 0 radical (unpaired) electrons. The molecule has 1 fully saturated rings. The molecule has 3 nitrogen and oxygen atoms in total. The number of nitrogens with zero attached hydrogens (tertiary/aromatic N) is 2. The Balaban J connectivity index is 1.91. The van der Waals surface area contributed by atoms with Gasteiger partial charge in [-0.05, 0) is 0 Å². The van der Waals surface area contributed by atoms with Crippen LogP contribution in [0.4, 0.5) is 0 Å². The Morgan fingerprint density at radius 1 is 1.32 bits per heavy atom. The molecule has 0 N–H and O–H groups in total. The van der Waals surface area contributed by atoms with Gasteiger partial charge >= 0.3 is 0 Å². The van der Waals surface area contributed by atoms with Gasteiger partial charge in [-0.2, -0.15) is 0 Å². The van der Waals surface area contributed by atoms with Crippen LogP contribution in [0.25, 0.3) is 0 Å². The van der Waals surface area contributed by atoms with E-state index in [0.29, 0.717) is 6.42 Å². The minimum absolute atomic E-state index is 0.209. The molecule has 0 aromatic heterocycles. The number of benzene rings is 1. The summed E-state index contributed by atoms with van der Waals surface area (Å²) in [6.45, 7) is 8.44. The van der Waals surface area contributed by atoms with Gasteiger partial charge in [0.25, 0.3) is 0 Å². The molecular weight excluding hydrogens is 236 g/mol. The zero-order valence-electron chi connectivity index (χ0n) is 11.7. The lowest BCUT2D eigenvalue weighted by molar-refractivity contribution is -0.926. The first-order valence-corrected chi connectivity index (χ1v) is 6.89. The first kappa shape index (κ1) is 13.8. The van der Waals surface area contributed by atoms with E-state index in [1.54, 1.807) is 6.08 Å². The predicted molar refractivity (Wildman–Crippen MR) is 77.5 cm³/mol. The number of hydrogen-bond donors (Lipinski definition) is 0. The van der Waals surface area contributed by atoms with Crippen molar-refractivity contribution in [2.75, 3.05) is 33.2 Å². The van der Waals surface area contributed by atoms with E-state index in [4.69, 9.17) is 0 Å². The summed E-state index contributed by atoms with van der Waals surface area (Å²) >= 11 is 0. The van der Waals surface area contributed by atoms with Gasteiger partial charge in [0, 0.05) is 12.0 Å². The molecule has 102 valence electrons. The molecule has 0 aliphatic carbocycles. The largest absolute Gasteiger partial charge is 0.331 e. The minimum atomic E-state index is 0.209. The molecule has 1 aliphatic heterocycles. The van der Waals surface area contributed by atoms with E-state index in [1.165, 1.54) is 5.56 Å². The van der Waals surface area contributed by atoms with E-state index < -0.39 is 0 Å². The number of amides is 1. The molecule has 19 heavy (non-hydrogen) atoms. The van der Waals surface area contributed by atoms with Gasteiger partial charge < -0.3 is 9.38 Å². The van der Waals surface area contributed by atoms with Crippen LogP contribution in [-0.4, -0.2) is 48.5 Å². The zero-order valence-corrected chi connectivity index (χ0v) is 11.7. The number of carbonyl (C=O) groups is 1. The summed E-state index contributed by atoms with van der Waals surface area (Å²) in [6, 6.07) is 10.6. The average Bonchev–Trinajstić information content (AvgIpc) is 2.40. The Morgan fingerprint density at radius 2 is 1.95 bits per heavy atom. The SMILES string of the molecule is C=CCC(=O)N1CC[N+](C)(Cc2ccccc2)CC1. The molecule has 2 rings (SSSR count). The summed E-state index contributed by atoms with van der Waals surface area (Å²) in [4.78, 5) is 13.8. The van der Waals surface area contributed by atoms with E-state index in [0.717, 1.165) is 37.2 Å². The third-order valence-electron chi connectivity index (χ3n) is 3.90. The van der Waals surface area contributed by atoms with E-state index in [2.05, 4.69) is 44.0 Å².